The summed E-state index contributed by atoms with van der Waals surface area (Å²) in [5, 5.41) is 8.26. The fourth-order valence-corrected chi connectivity index (χ4v) is 3.97. The van der Waals surface area contributed by atoms with Gasteiger partial charge in [-0.25, -0.2) is 4.98 Å². The molecule has 2 N–H and O–H groups in total. The normalized spacial score (nSPS) is 15.7. The summed E-state index contributed by atoms with van der Waals surface area (Å²) in [6.45, 7) is 8.92. The second-order valence-corrected chi connectivity index (χ2v) is 7.65. The van der Waals surface area contributed by atoms with Crippen LogP contribution in [0, 0.1) is 0 Å². The van der Waals surface area contributed by atoms with E-state index in [-0.39, 0.29) is 11.6 Å². The van der Waals surface area contributed by atoms with Gasteiger partial charge in [0, 0.05) is 37.1 Å². The molecule has 1 aliphatic rings. The van der Waals surface area contributed by atoms with Crippen LogP contribution < -0.4 is 10.6 Å². The van der Waals surface area contributed by atoms with E-state index in [0.29, 0.717) is 16.3 Å². The molecule has 0 spiro atoms. The van der Waals surface area contributed by atoms with Crippen LogP contribution in [0.3, 0.4) is 0 Å². The summed E-state index contributed by atoms with van der Waals surface area (Å²) in [4.78, 5) is 19.3. The highest BCUT2D eigenvalue weighted by Crippen LogP contribution is 2.31. The molecule has 1 amide bonds. The van der Waals surface area contributed by atoms with Crippen LogP contribution in [0.1, 0.15) is 23.0 Å². The monoisotopic (exact) mass is 448 g/mol. The fourth-order valence-electron chi connectivity index (χ4n) is 3.17. The summed E-state index contributed by atoms with van der Waals surface area (Å²) in [5.41, 5.74) is 1.52. The molecule has 1 fully saturated rings. The summed E-state index contributed by atoms with van der Waals surface area (Å²) in [6, 6.07) is 4.73. The summed E-state index contributed by atoms with van der Waals surface area (Å²) in [7, 11) is 0. The van der Waals surface area contributed by atoms with Gasteiger partial charge in [-0.15, -0.1) is 11.3 Å². The van der Waals surface area contributed by atoms with Crippen molar-refractivity contribution in [2.75, 3.05) is 26.2 Å². The lowest BCUT2D eigenvalue weighted by Crippen LogP contribution is -2.44. The Bertz CT molecular complexity index is 987. The molecule has 2 aromatic rings. The van der Waals surface area contributed by atoms with Gasteiger partial charge in [0.2, 0.25) is 0 Å². The van der Waals surface area contributed by atoms with Crippen molar-refractivity contribution in [3.63, 3.8) is 0 Å². The molecule has 0 atom stereocenters. The molecule has 1 aliphatic heterocycles. The number of hydrogen-bond donors (Lipinski definition) is 2. The van der Waals surface area contributed by atoms with E-state index in [1.807, 2.05) is 19.1 Å². The Labute approximate surface area is 183 Å². The zero-order chi connectivity index (χ0) is 22.4. The highest BCUT2D eigenvalue weighted by Gasteiger charge is 2.30. The number of aromatic nitrogens is 1. The van der Waals surface area contributed by atoms with Gasteiger partial charge in [0.1, 0.15) is 10.7 Å². The standard InChI is InChI=1S/C22H23F3N4OS/c1-3-5-19(29-12-10-26-11-13-29)17(4-2)27-20(30)18-14-31-21(28-18)15-6-8-16(9-7-15)22(23,24)25/h3-9,14,26H,1,10-13H2,2H3,(H,27,30)/b17-4+,19-5+. The van der Waals surface area contributed by atoms with Crippen molar-refractivity contribution in [2.24, 2.45) is 0 Å². The first-order chi connectivity index (χ1) is 14.8. The second kappa shape index (κ2) is 9.93. The quantitative estimate of drug-likeness (QED) is 0.642. The van der Waals surface area contributed by atoms with E-state index in [0.717, 1.165) is 44.0 Å². The highest BCUT2D eigenvalue weighted by atomic mass is 32.1. The Morgan fingerprint density at radius 1 is 1.26 bits per heavy atom. The van der Waals surface area contributed by atoms with Crippen molar-refractivity contribution in [3.05, 3.63) is 77.1 Å². The summed E-state index contributed by atoms with van der Waals surface area (Å²) >= 11 is 1.20. The van der Waals surface area contributed by atoms with E-state index < -0.39 is 11.7 Å². The van der Waals surface area contributed by atoms with Crippen LogP contribution in [0.15, 0.2) is 65.8 Å². The maximum atomic E-state index is 12.8. The Hall–Kier alpha value is -2.91. The van der Waals surface area contributed by atoms with E-state index in [4.69, 9.17) is 0 Å². The average molecular weight is 449 g/mol. The van der Waals surface area contributed by atoms with Crippen molar-refractivity contribution in [2.45, 2.75) is 13.1 Å². The number of nitrogens with one attached hydrogen (secondary N) is 2. The van der Waals surface area contributed by atoms with Crippen molar-refractivity contribution in [1.29, 1.82) is 0 Å². The Balaban J connectivity index is 1.75. The predicted octanol–water partition coefficient (Wildman–Crippen LogP) is 4.44. The smallest absolute Gasteiger partial charge is 0.367 e. The summed E-state index contributed by atoms with van der Waals surface area (Å²) < 4.78 is 38.3. The van der Waals surface area contributed by atoms with Gasteiger partial charge in [0.15, 0.2) is 0 Å². The highest BCUT2D eigenvalue weighted by molar-refractivity contribution is 7.13. The van der Waals surface area contributed by atoms with Crippen LogP contribution in [0.5, 0.6) is 0 Å². The maximum Gasteiger partial charge on any atom is 0.416 e. The van der Waals surface area contributed by atoms with Crippen LogP contribution in [0.25, 0.3) is 10.6 Å². The number of allylic oxidation sites excluding steroid dienone is 3. The lowest BCUT2D eigenvalue weighted by atomic mass is 10.1. The fraction of sp³-hybridized carbons (Fsp3) is 0.273. The van der Waals surface area contributed by atoms with Crippen LogP contribution in [-0.4, -0.2) is 42.0 Å². The van der Waals surface area contributed by atoms with Gasteiger partial charge in [0.05, 0.1) is 17.0 Å². The molecule has 2 heterocycles. The van der Waals surface area contributed by atoms with Crippen LogP contribution in [0.2, 0.25) is 0 Å². The van der Waals surface area contributed by atoms with Crippen molar-refractivity contribution in [3.8, 4) is 10.6 Å². The number of benzene rings is 1. The first-order valence-electron chi connectivity index (χ1n) is 9.73. The third kappa shape index (κ3) is 5.62. The number of nitrogens with zero attached hydrogens (tertiary/aromatic N) is 2. The number of carbonyl (C=O) groups excluding carboxylic acids is 1. The number of piperazine rings is 1. The molecule has 0 radical (unpaired) electrons. The third-order valence-electron chi connectivity index (χ3n) is 4.74. The Morgan fingerprint density at radius 3 is 2.52 bits per heavy atom. The molecule has 3 rings (SSSR count). The molecule has 0 bridgehead atoms. The van der Waals surface area contributed by atoms with Gasteiger partial charge < -0.3 is 15.5 Å². The van der Waals surface area contributed by atoms with Crippen molar-refractivity contribution >= 4 is 17.2 Å². The van der Waals surface area contributed by atoms with Crippen LogP contribution in [-0.2, 0) is 6.18 Å². The van der Waals surface area contributed by atoms with Crippen LogP contribution in [0.4, 0.5) is 13.2 Å². The average Bonchev–Trinajstić information content (AvgIpc) is 3.26. The maximum absolute atomic E-state index is 12.8. The number of carbonyl (C=O) groups is 1. The van der Waals surface area contributed by atoms with Crippen molar-refractivity contribution in [1.82, 2.24) is 20.5 Å². The molecule has 0 unspecified atom stereocenters. The molecular formula is C22H23F3N4OS. The molecule has 31 heavy (non-hydrogen) atoms. The minimum Gasteiger partial charge on any atom is -0.367 e. The molecule has 1 saturated heterocycles. The van der Waals surface area contributed by atoms with Gasteiger partial charge in [-0.3, -0.25) is 4.79 Å². The van der Waals surface area contributed by atoms with E-state index in [9.17, 15) is 18.0 Å². The predicted molar refractivity (Wildman–Crippen MR) is 116 cm³/mol. The lowest BCUT2D eigenvalue weighted by Gasteiger charge is -2.32. The van der Waals surface area contributed by atoms with Crippen molar-refractivity contribution < 1.29 is 18.0 Å². The minimum absolute atomic E-state index is 0.206. The Morgan fingerprint density at radius 2 is 1.94 bits per heavy atom. The molecule has 0 aliphatic carbocycles. The van der Waals surface area contributed by atoms with E-state index >= 15 is 0 Å². The lowest BCUT2D eigenvalue weighted by molar-refractivity contribution is -0.137. The SMILES string of the molecule is C=C/C=C(\C(=C/C)NC(=O)c1csc(-c2ccc(C(F)(F)F)cc2)n1)N1CCNCC1. The minimum atomic E-state index is -4.39. The van der Waals surface area contributed by atoms with Gasteiger partial charge >= 0.3 is 6.18 Å². The largest absolute Gasteiger partial charge is 0.416 e. The molecule has 164 valence electrons. The molecular weight excluding hydrogens is 425 g/mol. The first kappa shape index (κ1) is 22.8. The van der Waals surface area contributed by atoms with Crippen LogP contribution >= 0.6 is 11.3 Å². The number of thiazole rings is 1. The molecule has 1 aromatic carbocycles. The van der Waals surface area contributed by atoms with Gasteiger partial charge in [-0.05, 0) is 25.1 Å². The van der Waals surface area contributed by atoms with Gasteiger partial charge in [0.25, 0.3) is 5.91 Å². The molecule has 1 aromatic heterocycles. The summed E-state index contributed by atoms with van der Waals surface area (Å²) in [5.74, 6) is -0.382. The number of amides is 1. The van der Waals surface area contributed by atoms with Gasteiger partial charge in [-0.1, -0.05) is 30.9 Å². The molecule has 9 heteroatoms. The van der Waals surface area contributed by atoms with E-state index in [1.165, 1.54) is 23.5 Å². The number of rotatable bonds is 6. The number of hydrogen-bond acceptors (Lipinski definition) is 5. The topological polar surface area (TPSA) is 57.3 Å². The second-order valence-electron chi connectivity index (χ2n) is 6.79. The van der Waals surface area contributed by atoms with E-state index in [1.54, 1.807) is 11.5 Å². The molecule has 5 nitrogen and oxygen atoms in total. The number of alkyl halides is 3. The zero-order valence-corrected chi connectivity index (χ0v) is 17.8. The summed E-state index contributed by atoms with van der Waals surface area (Å²) in [6.07, 6.45) is 0.961. The zero-order valence-electron chi connectivity index (χ0n) is 17.0. The van der Waals surface area contributed by atoms with Gasteiger partial charge in [-0.2, -0.15) is 13.2 Å². The Kier molecular flexibility index (Phi) is 7.29. The van der Waals surface area contributed by atoms with E-state index in [2.05, 4.69) is 27.1 Å². The molecule has 0 saturated carbocycles. The number of halogens is 3. The third-order valence-corrected chi connectivity index (χ3v) is 5.63. The first-order valence-corrected chi connectivity index (χ1v) is 10.6.